The molecule has 0 saturated carbocycles. The highest BCUT2D eigenvalue weighted by Gasteiger charge is 2.40. The van der Waals surface area contributed by atoms with E-state index in [4.69, 9.17) is 51.1 Å². The molecule has 2 aromatic rings. The Kier molecular flexibility index (Phi) is 9.74. The highest BCUT2D eigenvalue weighted by molar-refractivity contribution is 6.23. The summed E-state index contributed by atoms with van der Waals surface area (Å²) in [5.74, 6) is -20.2. The van der Waals surface area contributed by atoms with Crippen LogP contribution in [0.15, 0.2) is 12.1 Å². The topological polar surface area (TPSA) is 373 Å². The first-order chi connectivity index (χ1) is 19.2. The van der Waals surface area contributed by atoms with Crippen molar-refractivity contribution in [3.8, 4) is 0 Å². The van der Waals surface area contributed by atoms with Crippen LogP contribution < -0.4 is 0 Å². The van der Waals surface area contributed by atoms with Gasteiger partial charge in [-0.2, -0.15) is 0 Å². The van der Waals surface area contributed by atoms with Crippen LogP contribution in [0.25, 0.3) is 0 Å². The van der Waals surface area contributed by atoms with Crippen molar-refractivity contribution in [2.45, 2.75) is 0 Å². The van der Waals surface area contributed by atoms with E-state index >= 15 is 0 Å². The zero-order chi connectivity index (χ0) is 33.0. The SMILES string of the molecule is O=C(O)c1c(C(=O)O)c(C(=O)O)c(C(=O)O)c(C(=O)O)c1C(=O)O.O=C(O)c1cc(C(=O)O)c(C(=O)O)cc1C(=O)O. The summed E-state index contributed by atoms with van der Waals surface area (Å²) in [6, 6.07) is 1.02. The van der Waals surface area contributed by atoms with Crippen LogP contribution >= 0.6 is 0 Å². The molecule has 220 valence electrons. The first kappa shape index (κ1) is 33.2. The maximum absolute atomic E-state index is 11.2. The summed E-state index contributed by atoms with van der Waals surface area (Å²) in [7, 11) is 0. The number of carboxylic acids is 10. The van der Waals surface area contributed by atoms with E-state index in [0.29, 0.717) is 12.1 Å². The van der Waals surface area contributed by atoms with E-state index in [1.54, 1.807) is 0 Å². The van der Waals surface area contributed by atoms with Crippen LogP contribution in [0.4, 0.5) is 0 Å². The molecule has 0 bridgehead atoms. The monoisotopic (exact) mass is 596 g/mol. The number of carboxylic acid groups (broad SMARTS) is 10. The average Bonchev–Trinajstić information content (AvgIpc) is 2.85. The van der Waals surface area contributed by atoms with Crippen LogP contribution in [0.3, 0.4) is 0 Å². The molecule has 42 heavy (non-hydrogen) atoms. The first-order valence-corrected chi connectivity index (χ1v) is 9.93. The summed E-state index contributed by atoms with van der Waals surface area (Å²) in [5, 5.41) is 89.1. The van der Waals surface area contributed by atoms with Crippen molar-refractivity contribution in [1.29, 1.82) is 0 Å². The lowest BCUT2D eigenvalue weighted by Crippen LogP contribution is -2.27. The van der Waals surface area contributed by atoms with E-state index in [0.717, 1.165) is 0 Å². The summed E-state index contributed by atoms with van der Waals surface area (Å²) in [5.41, 5.74) is -13.1. The maximum Gasteiger partial charge on any atom is 0.337 e. The van der Waals surface area contributed by atoms with Gasteiger partial charge in [-0.15, -0.1) is 0 Å². The lowest BCUT2D eigenvalue weighted by Gasteiger charge is -2.15. The Morgan fingerprint density at radius 1 is 0.262 bits per heavy atom. The molecule has 20 heteroatoms. The third kappa shape index (κ3) is 6.40. The summed E-state index contributed by atoms with van der Waals surface area (Å²) < 4.78 is 0. The maximum atomic E-state index is 11.2. The van der Waals surface area contributed by atoms with Crippen molar-refractivity contribution in [2.75, 3.05) is 0 Å². The van der Waals surface area contributed by atoms with Gasteiger partial charge in [0.15, 0.2) is 0 Å². The summed E-state index contributed by atoms with van der Waals surface area (Å²) in [6.45, 7) is 0. The Hall–Kier alpha value is -6.86. The van der Waals surface area contributed by atoms with Gasteiger partial charge in [-0.3, -0.25) is 0 Å². The number of hydrogen-bond acceptors (Lipinski definition) is 10. The van der Waals surface area contributed by atoms with E-state index in [9.17, 15) is 47.9 Å². The van der Waals surface area contributed by atoms with E-state index in [2.05, 4.69) is 0 Å². The van der Waals surface area contributed by atoms with Gasteiger partial charge < -0.3 is 51.1 Å². The normalized spacial score (nSPS) is 9.90. The van der Waals surface area contributed by atoms with Gasteiger partial charge in [0.05, 0.1) is 55.6 Å². The van der Waals surface area contributed by atoms with Crippen molar-refractivity contribution < 1.29 is 99.0 Å². The molecule has 2 rings (SSSR count). The number of benzene rings is 2. The molecule has 20 nitrogen and oxygen atoms in total. The average molecular weight is 596 g/mol. The standard InChI is InChI=1S/C12H6O12.C10H6O8/c13-7(14)1-2(8(15)16)4(10(19)20)6(12(23)24)5(11(21)22)3(1)9(17)18;11-7(12)3-1-4(8(13)14)6(10(17)18)2-5(3)9(15)16/h(H,13,14)(H,15,16)(H,17,18)(H,19,20)(H,21,22)(H,23,24);1-2H,(H,11,12)(H,13,14)(H,15,16)(H,17,18). The van der Waals surface area contributed by atoms with Gasteiger partial charge in [-0.25, -0.2) is 47.9 Å². The Balaban J connectivity index is 0.000000437. The molecular weight excluding hydrogens is 584 g/mol. The second kappa shape index (κ2) is 12.3. The molecule has 0 fully saturated rings. The highest BCUT2D eigenvalue weighted by Crippen LogP contribution is 2.30. The van der Waals surface area contributed by atoms with Gasteiger partial charge in [0.25, 0.3) is 0 Å². The Labute approximate surface area is 227 Å². The van der Waals surface area contributed by atoms with Crippen molar-refractivity contribution >= 4 is 59.7 Å². The fraction of sp³-hybridized carbons (Fsp3) is 0. The van der Waals surface area contributed by atoms with Crippen LogP contribution in [-0.4, -0.2) is 111 Å². The van der Waals surface area contributed by atoms with Gasteiger partial charge in [-0.05, 0) is 12.1 Å². The minimum absolute atomic E-state index is 0.511. The van der Waals surface area contributed by atoms with Crippen molar-refractivity contribution in [1.82, 2.24) is 0 Å². The molecule has 10 N–H and O–H groups in total. The Morgan fingerprint density at radius 2 is 0.381 bits per heavy atom. The molecule has 0 unspecified atom stereocenters. The lowest BCUT2D eigenvalue weighted by molar-refractivity contribution is 0.0592. The fourth-order valence-corrected chi connectivity index (χ4v) is 3.34. The molecule has 0 atom stereocenters. The predicted molar refractivity (Wildman–Crippen MR) is 122 cm³/mol. The quantitative estimate of drug-likeness (QED) is 0.177. The third-order valence-electron chi connectivity index (χ3n) is 4.86. The molecule has 0 aromatic heterocycles. The summed E-state index contributed by atoms with van der Waals surface area (Å²) in [6.07, 6.45) is 0. The van der Waals surface area contributed by atoms with Crippen LogP contribution in [0.1, 0.15) is 104 Å². The van der Waals surface area contributed by atoms with E-state index < -0.39 is 115 Å². The van der Waals surface area contributed by atoms with Gasteiger partial charge in [0.1, 0.15) is 0 Å². The molecule has 0 spiro atoms. The van der Waals surface area contributed by atoms with Crippen LogP contribution in [0, 0.1) is 0 Å². The van der Waals surface area contributed by atoms with Crippen molar-refractivity contribution in [3.05, 3.63) is 67.8 Å². The zero-order valence-electron chi connectivity index (χ0n) is 19.7. The van der Waals surface area contributed by atoms with Gasteiger partial charge in [0, 0.05) is 0 Å². The molecule has 2 aromatic carbocycles. The van der Waals surface area contributed by atoms with E-state index in [1.165, 1.54) is 0 Å². The number of hydrogen-bond donors (Lipinski definition) is 10. The molecule has 0 aliphatic carbocycles. The second-order valence-corrected chi connectivity index (χ2v) is 7.24. The van der Waals surface area contributed by atoms with Crippen molar-refractivity contribution in [2.24, 2.45) is 0 Å². The first-order valence-electron chi connectivity index (χ1n) is 9.93. The second-order valence-electron chi connectivity index (χ2n) is 7.24. The molecule has 0 saturated heterocycles. The van der Waals surface area contributed by atoms with E-state index in [1.807, 2.05) is 0 Å². The minimum Gasteiger partial charge on any atom is -0.478 e. The van der Waals surface area contributed by atoms with Crippen molar-refractivity contribution in [3.63, 3.8) is 0 Å². The van der Waals surface area contributed by atoms with Gasteiger partial charge in [0.2, 0.25) is 0 Å². The summed E-state index contributed by atoms with van der Waals surface area (Å²) >= 11 is 0. The molecule has 0 radical (unpaired) electrons. The fourth-order valence-electron chi connectivity index (χ4n) is 3.34. The van der Waals surface area contributed by atoms with Crippen LogP contribution in [0.5, 0.6) is 0 Å². The van der Waals surface area contributed by atoms with Gasteiger partial charge in [-0.1, -0.05) is 0 Å². The number of aromatic carboxylic acids is 10. The minimum atomic E-state index is -2.26. The Morgan fingerprint density at radius 3 is 0.452 bits per heavy atom. The van der Waals surface area contributed by atoms with E-state index in [-0.39, 0.29) is 0 Å². The predicted octanol–water partition coefficient (Wildman–Crippen LogP) is 0.355. The van der Waals surface area contributed by atoms with Gasteiger partial charge >= 0.3 is 59.7 Å². The molecule has 0 aliphatic heterocycles. The molecular formula is C22H12O20. The molecule has 0 heterocycles. The number of carbonyl (C=O) groups is 10. The third-order valence-corrected chi connectivity index (χ3v) is 4.86. The Bertz CT molecular complexity index is 1350. The molecule has 0 aliphatic rings. The zero-order valence-corrected chi connectivity index (χ0v) is 19.7. The van der Waals surface area contributed by atoms with Crippen LogP contribution in [-0.2, 0) is 0 Å². The lowest BCUT2D eigenvalue weighted by atomic mass is 9.86. The largest absolute Gasteiger partial charge is 0.478 e. The highest BCUT2D eigenvalue weighted by atomic mass is 16.4. The smallest absolute Gasteiger partial charge is 0.337 e. The summed E-state index contributed by atoms with van der Waals surface area (Å²) in [4.78, 5) is 110. The number of rotatable bonds is 10. The molecule has 0 amide bonds. The van der Waals surface area contributed by atoms with Crippen LogP contribution in [0.2, 0.25) is 0 Å².